The zero-order valence-electron chi connectivity index (χ0n) is 10.6. The molecular formula is C12H14Cl2N2O3. The smallest absolute Gasteiger partial charge is 0.306 e. The third-order valence-electron chi connectivity index (χ3n) is 2.18. The molecule has 0 spiro atoms. The SMILES string of the molecule is CCCC(=O)OCC(=O)Nc1nc(C)c(Cl)cc1Cl. The lowest BCUT2D eigenvalue weighted by atomic mass is 10.3. The lowest BCUT2D eigenvalue weighted by molar-refractivity contribution is -0.147. The molecule has 0 aliphatic heterocycles. The molecule has 0 saturated carbocycles. The molecule has 0 saturated heterocycles. The molecule has 0 aliphatic carbocycles. The van der Waals surface area contributed by atoms with Crippen molar-refractivity contribution >= 4 is 40.9 Å². The van der Waals surface area contributed by atoms with Gasteiger partial charge in [0.2, 0.25) is 0 Å². The van der Waals surface area contributed by atoms with Gasteiger partial charge < -0.3 is 10.1 Å². The van der Waals surface area contributed by atoms with Crippen molar-refractivity contribution in [1.82, 2.24) is 4.98 Å². The van der Waals surface area contributed by atoms with Crippen LogP contribution < -0.4 is 5.32 Å². The van der Waals surface area contributed by atoms with Crippen LogP contribution >= 0.6 is 23.2 Å². The summed E-state index contributed by atoms with van der Waals surface area (Å²) in [6.45, 7) is 3.18. The number of hydrogen-bond acceptors (Lipinski definition) is 4. The number of aromatic nitrogens is 1. The molecule has 1 rings (SSSR count). The van der Waals surface area contributed by atoms with E-state index in [1.807, 2.05) is 6.92 Å². The fourth-order valence-electron chi connectivity index (χ4n) is 1.24. The van der Waals surface area contributed by atoms with E-state index >= 15 is 0 Å². The lowest BCUT2D eigenvalue weighted by Crippen LogP contribution is -2.21. The first-order valence-electron chi connectivity index (χ1n) is 5.72. The number of nitrogens with one attached hydrogen (secondary N) is 1. The van der Waals surface area contributed by atoms with Crippen molar-refractivity contribution in [3.63, 3.8) is 0 Å². The number of amides is 1. The molecule has 0 atom stereocenters. The van der Waals surface area contributed by atoms with Gasteiger partial charge in [-0.3, -0.25) is 9.59 Å². The average molecular weight is 305 g/mol. The molecule has 19 heavy (non-hydrogen) atoms. The molecule has 0 unspecified atom stereocenters. The van der Waals surface area contributed by atoms with Crippen LogP contribution in [0, 0.1) is 6.92 Å². The fourth-order valence-corrected chi connectivity index (χ4v) is 1.64. The highest BCUT2D eigenvalue weighted by atomic mass is 35.5. The Labute approximate surface area is 121 Å². The molecule has 0 radical (unpaired) electrons. The summed E-state index contributed by atoms with van der Waals surface area (Å²) >= 11 is 11.7. The molecule has 1 aromatic rings. The number of ether oxygens (including phenoxy) is 1. The van der Waals surface area contributed by atoms with Gasteiger partial charge in [0.1, 0.15) is 0 Å². The fraction of sp³-hybridized carbons (Fsp3) is 0.417. The van der Waals surface area contributed by atoms with Gasteiger partial charge in [-0.25, -0.2) is 4.98 Å². The number of rotatable bonds is 5. The third kappa shape index (κ3) is 5.04. The minimum atomic E-state index is -0.499. The molecule has 0 aliphatic rings. The Hall–Kier alpha value is -1.33. The first-order chi connectivity index (χ1) is 8.93. The Morgan fingerprint density at radius 1 is 1.37 bits per heavy atom. The minimum absolute atomic E-state index is 0.195. The van der Waals surface area contributed by atoms with Gasteiger partial charge in [-0.2, -0.15) is 0 Å². The van der Waals surface area contributed by atoms with Gasteiger partial charge >= 0.3 is 5.97 Å². The maximum absolute atomic E-state index is 11.5. The topological polar surface area (TPSA) is 68.3 Å². The molecule has 1 aromatic heterocycles. The van der Waals surface area contributed by atoms with Crippen LogP contribution in [0.2, 0.25) is 10.0 Å². The molecule has 1 amide bonds. The zero-order valence-corrected chi connectivity index (χ0v) is 12.1. The number of carbonyl (C=O) groups is 2. The second-order valence-corrected chi connectivity index (χ2v) is 4.66. The van der Waals surface area contributed by atoms with Crippen molar-refractivity contribution in [2.75, 3.05) is 11.9 Å². The van der Waals surface area contributed by atoms with Crippen molar-refractivity contribution in [3.05, 3.63) is 21.8 Å². The highest BCUT2D eigenvalue weighted by Gasteiger charge is 2.11. The summed E-state index contributed by atoms with van der Waals surface area (Å²) in [5.41, 5.74) is 0.546. The first kappa shape index (κ1) is 15.7. The van der Waals surface area contributed by atoms with E-state index in [4.69, 9.17) is 27.9 Å². The van der Waals surface area contributed by atoms with E-state index in [1.54, 1.807) is 6.92 Å². The molecular weight excluding hydrogens is 291 g/mol. The number of esters is 1. The van der Waals surface area contributed by atoms with E-state index in [9.17, 15) is 9.59 Å². The summed E-state index contributed by atoms with van der Waals surface area (Å²) in [5, 5.41) is 3.10. The normalized spacial score (nSPS) is 10.1. The van der Waals surface area contributed by atoms with Gasteiger partial charge in [0.25, 0.3) is 5.91 Å². The van der Waals surface area contributed by atoms with Crippen LogP contribution in [0.4, 0.5) is 5.82 Å². The van der Waals surface area contributed by atoms with E-state index in [-0.39, 0.29) is 23.9 Å². The predicted octanol–water partition coefficient (Wildman–Crippen LogP) is 2.98. The molecule has 5 nitrogen and oxygen atoms in total. The van der Waals surface area contributed by atoms with Crippen LogP contribution in [0.3, 0.4) is 0 Å². The second-order valence-electron chi connectivity index (χ2n) is 3.84. The quantitative estimate of drug-likeness (QED) is 0.849. The summed E-state index contributed by atoms with van der Waals surface area (Å²) in [5.74, 6) is -0.718. The Kier molecular flexibility index (Phi) is 6.05. The highest BCUT2D eigenvalue weighted by molar-refractivity contribution is 6.36. The Bertz CT molecular complexity index is 492. The van der Waals surface area contributed by atoms with Gasteiger partial charge in [-0.15, -0.1) is 0 Å². The molecule has 7 heteroatoms. The average Bonchev–Trinajstić information content (AvgIpc) is 2.34. The van der Waals surface area contributed by atoms with Gasteiger partial charge in [0.15, 0.2) is 12.4 Å². The number of aryl methyl sites for hydroxylation is 1. The summed E-state index contributed by atoms with van der Waals surface area (Å²) < 4.78 is 4.76. The second kappa shape index (κ2) is 7.31. The van der Waals surface area contributed by atoms with Crippen molar-refractivity contribution in [2.45, 2.75) is 26.7 Å². The summed E-state index contributed by atoms with van der Waals surface area (Å²) in [6, 6.07) is 1.49. The van der Waals surface area contributed by atoms with Crippen molar-refractivity contribution < 1.29 is 14.3 Å². The summed E-state index contributed by atoms with van der Waals surface area (Å²) in [6.07, 6.45) is 0.955. The van der Waals surface area contributed by atoms with E-state index < -0.39 is 11.9 Å². The maximum atomic E-state index is 11.5. The van der Waals surface area contributed by atoms with Gasteiger partial charge in [0.05, 0.1) is 15.7 Å². The summed E-state index contributed by atoms with van der Waals surface area (Å²) in [7, 11) is 0. The molecule has 104 valence electrons. The van der Waals surface area contributed by atoms with Gasteiger partial charge in [-0.05, 0) is 19.4 Å². The standard InChI is InChI=1S/C12H14Cl2N2O3/c1-3-4-11(18)19-6-10(17)16-12-9(14)5-8(13)7(2)15-12/h5H,3-4,6H2,1-2H3,(H,15,16,17). The lowest BCUT2D eigenvalue weighted by Gasteiger charge is -2.08. The van der Waals surface area contributed by atoms with E-state index in [0.717, 1.165) is 0 Å². The van der Waals surface area contributed by atoms with Crippen molar-refractivity contribution in [2.24, 2.45) is 0 Å². The van der Waals surface area contributed by atoms with Crippen molar-refractivity contribution in [1.29, 1.82) is 0 Å². The van der Waals surface area contributed by atoms with Gasteiger partial charge in [0, 0.05) is 6.42 Å². The van der Waals surface area contributed by atoms with Crippen LogP contribution in [-0.2, 0) is 14.3 Å². The highest BCUT2D eigenvalue weighted by Crippen LogP contribution is 2.25. The zero-order chi connectivity index (χ0) is 14.4. The summed E-state index contributed by atoms with van der Waals surface area (Å²) in [4.78, 5) is 26.7. The van der Waals surface area contributed by atoms with Crippen LogP contribution in [0.25, 0.3) is 0 Å². The van der Waals surface area contributed by atoms with Gasteiger partial charge in [-0.1, -0.05) is 30.1 Å². The Morgan fingerprint density at radius 3 is 2.68 bits per heavy atom. The largest absolute Gasteiger partial charge is 0.456 e. The monoisotopic (exact) mass is 304 g/mol. The van der Waals surface area contributed by atoms with Crippen LogP contribution in [0.15, 0.2) is 6.07 Å². The Morgan fingerprint density at radius 2 is 2.05 bits per heavy atom. The minimum Gasteiger partial charge on any atom is -0.456 e. The number of pyridine rings is 1. The number of carbonyl (C=O) groups excluding carboxylic acids is 2. The Balaban J connectivity index is 2.58. The third-order valence-corrected chi connectivity index (χ3v) is 2.85. The van der Waals surface area contributed by atoms with Crippen LogP contribution in [-0.4, -0.2) is 23.5 Å². The maximum Gasteiger partial charge on any atom is 0.306 e. The molecule has 1 N–H and O–H groups in total. The number of hydrogen-bond donors (Lipinski definition) is 1. The first-order valence-corrected chi connectivity index (χ1v) is 6.47. The predicted molar refractivity (Wildman–Crippen MR) is 73.5 cm³/mol. The number of halogens is 2. The molecule has 0 aromatic carbocycles. The number of nitrogens with zero attached hydrogens (tertiary/aromatic N) is 1. The molecule has 0 fully saturated rings. The number of anilines is 1. The van der Waals surface area contributed by atoms with Crippen molar-refractivity contribution in [3.8, 4) is 0 Å². The van der Waals surface area contributed by atoms with E-state index in [1.165, 1.54) is 6.07 Å². The van der Waals surface area contributed by atoms with Crippen LogP contribution in [0.5, 0.6) is 0 Å². The van der Waals surface area contributed by atoms with Crippen LogP contribution in [0.1, 0.15) is 25.5 Å². The van der Waals surface area contributed by atoms with E-state index in [0.29, 0.717) is 17.1 Å². The molecule has 1 heterocycles. The molecule has 0 bridgehead atoms. The van der Waals surface area contributed by atoms with E-state index in [2.05, 4.69) is 10.3 Å².